The Labute approximate surface area is 129 Å². The molecule has 1 aromatic heterocycles. The standard InChI is InChI=1S/C16H21FN2OS/c1-20-6-5-18-10-14(9-16-11-21-12-19-16)7-13-3-2-4-15(17)8-13/h2-4,8,11-12,14,18H,5-7,9-10H2,1H3. The van der Waals surface area contributed by atoms with E-state index in [1.165, 1.54) is 6.07 Å². The van der Waals surface area contributed by atoms with Crippen LogP contribution < -0.4 is 5.32 Å². The second-order valence-corrected chi connectivity index (χ2v) is 5.80. The summed E-state index contributed by atoms with van der Waals surface area (Å²) in [5, 5.41) is 5.47. The fourth-order valence-electron chi connectivity index (χ4n) is 2.33. The molecule has 0 amide bonds. The lowest BCUT2D eigenvalue weighted by molar-refractivity contribution is 0.197. The molecule has 5 heteroatoms. The third-order valence-corrected chi connectivity index (χ3v) is 3.95. The highest BCUT2D eigenvalue weighted by Crippen LogP contribution is 2.15. The van der Waals surface area contributed by atoms with Crippen molar-refractivity contribution in [3.63, 3.8) is 0 Å². The second kappa shape index (κ2) is 8.87. The van der Waals surface area contributed by atoms with E-state index in [1.807, 2.05) is 11.6 Å². The van der Waals surface area contributed by atoms with Crippen molar-refractivity contribution in [1.82, 2.24) is 10.3 Å². The van der Waals surface area contributed by atoms with Crippen molar-refractivity contribution in [3.05, 3.63) is 52.2 Å². The van der Waals surface area contributed by atoms with Crippen molar-refractivity contribution >= 4 is 11.3 Å². The lowest BCUT2D eigenvalue weighted by Crippen LogP contribution is -2.28. The normalized spacial score (nSPS) is 12.5. The molecule has 0 aliphatic carbocycles. The van der Waals surface area contributed by atoms with Crippen LogP contribution in [-0.4, -0.2) is 31.8 Å². The third kappa shape index (κ3) is 5.91. The van der Waals surface area contributed by atoms with Crippen LogP contribution in [-0.2, 0) is 17.6 Å². The van der Waals surface area contributed by atoms with Gasteiger partial charge < -0.3 is 10.1 Å². The van der Waals surface area contributed by atoms with Crippen molar-refractivity contribution < 1.29 is 9.13 Å². The van der Waals surface area contributed by atoms with Crippen LogP contribution in [0.1, 0.15) is 11.3 Å². The zero-order valence-corrected chi connectivity index (χ0v) is 13.0. The molecular formula is C16H21FN2OS. The minimum Gasteiger partial charge on any atom is -0.383 e. The van der Waals surface area contributed by atoms with Crippen LogP contribution in [0.4, 0.5) is 4.39 Å². The Morgan fingerprint density at radius 1 is 1.38 bits per heavy atom. The quantitative estimate of drug-likeness (QED) is 0.723. The van der Waals surface area contributed by atoms with Gasteiger partial charge in [-0.1, -0.05) is 12.1 Å². The van der Waals surface area contributed by atoms with E-state index in [0.717, 1.165) is 37.2 Å². The number of nitrogens with zero attached hydrogens (tertiary/aromatic N) is 1. The molecule has 1 aromatic carbocycles. The Balaban J connectivity index is 1.93. The van der Waals surface area contributed by atoms with Gasteiger partial charge in [0.2, 0.25) is 0 Å². The Morgan fingerprint density at radius 2 is 2.29 bits per heavy atom. The highest BCUT2D eigenvalue weighted by molar-refractivity contribution is 7.07. The van der Waals surface area contributed by atoms with Crippen LogP contribution in [0.2, 0.25) is 0 Å². The van der Waals surface area contributed by atoms with Gasteiger partial charge >= 0.3 is 0 Å². The van der Waals surface area contributed by atoms with Crippen LogP contribution in [0.3, 0.4) is 0 Å². The summed E-state index contributed by atoms with van der Waals surface area (Å²) in [6.45, 7) is 2.40. The van der Waals surface area contributed by atoms with E-state index < -0.39 is 0 Å². The number of halogens is 1. The molecule has 0 saturated carbocycles. The largest absolute Gasteiger partial charge is 0.383 e. The smallest absolute Gasteiger partial charge is 0.123 e. The summed E-state index contributed by atoms with van der Waals surface area (Å²) < 4.78 is 18.3. The van der Waals surface area contributed by atoms with Gasteiger partial charge in [-0.05, 0) is 43.0 Å². The maximum absolute atomic E-state index is 13.3. The summed E-state index contributed by atoms with van der Waals surface area (Å²) in [6, 6.07) is 6.84. The summed E-state index contributed by atoms with van der Waals surface area (Å²) in [5.74, 6) is 0.220. The van der Waals surface area contributed by atoms with Crippen LogP contribution in [0.5, 0.6) is 0 Å². The maximum Gasteiger partial charge on any atom is 0.123 e. The van der Waals surface area contributed by atoms with Gasteiger partial charge in [0.15, 0.2) is 0 Å². The van der Waals surface area contributed by atoms with Crippen LogP contribution in [0.25, 0.3) is 0 Å². The third-order valence-electron chi connectivity index (χ3n) is 3.31. The van der Waals surface area contributed by atoms with Gasteiger partial charge in [0, 0.05) is 19.0 Å². The summed E-state index contributed by atoms with van der Waals surface area (Å²) in [7, 11) is 1.70. The predicted octanol–water partition coefficient (Wildman–Crippen LogP) is 2.92. The minimum absolute atomic E-state index is 0.174. The molecule has 0 saturated heterocycles. The SMILES string of the molecule is COCCNCC(Cc1cccc(F)c1)Cc1cscn1. The van der Waals surface area contributed by atoms with Crippen molar-refractivity contribution in [2.24, 2.45) is 5.92 Å². The molecule has 21 heavy (non-hydrogen) atoms. The second-order valence-electron chi connectivity index (χ2n) is 5.08. The van der Waals surface area contributed by atoms with Crippen LogP contribution >= 0.6 is 11.3 Å². The lowest BCUT2D eigenvalue weighted by atomic mass is 9.95. The number of ether oxygens (including phenoxy) is 1. The zero-order chi connectivity index (χ0) is 14.9. The first-order chi connectivity index (χ1) is 10.3. The Kier molecular flexibility index (Phi) is 6.79. The molecule has 0 spiro atoms. The molecule has 114 valence electrons. The van der Waals surface area contributed by atoms with E-state index >= 15 is 0 Å². The van der Waals surface area contributed by atoms with Crippen LogP contribution in [0.15, 0.2) is 35.2 Å². The summed E-state index contributed by atoms with van der Waals surface area (Å²) in [6.07, 6.45) is 1.75. The van der Waals surface area contributed by atoms with Gasteiger partial charge in [-0.15, -0.1) is 11.3 Å². The summed E-state index contributed by atoms with van der Waals surface area (Å²) >= 11 is 1.61. The molecule has 0 aliphatic heterocycles. The molecule has 0 bridgehead atoms. The van der Waals surface area contributed by atoms with E-state index in [1.54, 1.807) is 30.6 Å². The zero-order valence-electron chi connectivity index (χ0n) is 12.2. The van der Waals surface area contributed by atoms with Gasteiger partial charge in [-0.3, -0.25) is 0 Å². The van der Waals surface area contributed by atoms with Crippen molar-refractivity contribution in [3.8, 4) is 0 Å². The number of nitrogens with one attached hydrogen (secondary N) is 1. The van der Waals surface area contributed by atoms with Crippen molar-refractivity contribution in [2.75, 3.05) is 26.8 Å². The Bertz CT molecular complexity index is 519. The predicted molar refractivity (Wildman–Crippen MR) is 84.2 cm³/mol. The first kappa shape index (κ1) is 16.1. The number of methoxy groups -OCH3 is 1. The molecule has 1 unspecified atom stereocenters. The summed E-state index contributed by atoms with van der Waals surface area (Å²) in [4.78, 5) is 4.35. The van der Waals surface area contributed by atoms with Gasteiger partial charge in [0.05, 0.1) is 17.8 Å². The van der Waals surface area contributed by atoms with Gasteiger partial charge in [-0.2, -0.15) is 0 Å². The first-order valence-electron chi connectivity index (χ1n) is 7.09. The van der Waals surface area contributed by atoms with Crippen LogP contribution in [0, 0.1) is 11.7 Å². The fraction of sp³-hybridized carbons (Fsp3) is 0.438. The molecule has 1 heterocycles. The highest BCUT2D eigenvalue weighted by atomic mass is 32.1. The Morgan fingerprint density at radius 3 is 3.00 bits per heavy atom. The minimum atomic E-state index is -0.174. The Hall–Kier alpha value is -1.30. The van der Waals surface area contributed by atoms with E-state index in [0.29, 0.717) is 12.5 Å². The number of benzene rings is 1. The molecule has 3 nitrogen and oxygen atoms in total. The van der Waals surface area contributed by atoms with Gasteiger partial charge in [0.25, 0.3) is 0 Å². The van der Waals surface area contributed by atoms with E-state index in [2.05, 4.69) is 15.7 Å². The number of rotatable bonds is 9. The molecule has 0 aliphatic rings. The highest BCUT2D eigenvalue weighted by Gasteiger charge is 2.12. The van der Waals surface area contributed by atoms with Gasteiger partial charge in [0.1, 0.15) is 5.82 Å². The number of hydrogen-bond acceptors (Lipinski definition) is 4. The maximum atomic E-state index is 13.3. The number of thiazole rings is 1. The van der Waals surface area contributed by atoms with E-state index in [9.17, 15) is 4.39 Å². The molecule has 0 radical (unpaired) electrons. The average Bonchev–Trinajstić information content (AvgIpc) is 2.96. The number of hydrogen-bond donors (Lipinski definition) is 1. The molecule has 2 aromatic rings. The molecule has 2 rings (SSSR count). The number of aromatic nitrogens is 1. The average molecular weight is 308 g/mol. The molecule has 1 N–H and O–H groups in total. The molecular weight excluding hydrogens is 287 g/mol. The van der Waals surface area contributed by atoms with Crippen molar-refractivity contribution in [1.29, 1.82) is 0 Å². The summed E-state index contributed by atoms with van der Waals surface area (Å²) in [5.41, 5.74) is 3.99. The fourth-order valence-corrected chi connectivity index (χ4v) is 2.90. The molecule has 1 atom stereocenters. The van der Waals surface area contributed by atoms with E-state index in [4.69, 9.17) is 4.74 Å². The lowest BCUT2D eigenvalue weighted by Gasteiger charge is -2.17. The van der Waals surface area contributed by atoms with Crippen molar-refractivity contribution in [2.45, 2.75) is 12.8 Å². The topological polar surface area (TPSA) is 34.1 Å². The first-order valence-corrected chi connectivity index (χ1v) is 8.03. The van der Waals surface area contributed by atoms with Gasteiger partial charge in [-0.25, -0.2) is 9.37 Å². The van der Waals surface area contributed by atoms with E-state index in [-0.39, 0.29) is 5.82 Å². The monoisotopic (exact) mass is 308 g/mol. The molecule has 0 fully saturated rings.